The molecule has 1 atom stereocenters. The van der Waals surface area contributed by atoms with E-state index in [9.17, 15) is 10.1 Å². The predicted octanol–water partition coefficient (Wildman–Crippen LogP) is 3.62. The first-order chi connectivity index (χ1) is 15.2. The van der Waals surface area contributed by atoms with Crippen molar-refractivity contribution in [3.8, 4) is 6.07 Å². The number of ether oxygens (including phenoxy) is 1. The van der Waals surface area contributed by atoms with Crippen LogP contribution in [0.5, 0.6) is 0 Å². The summed E-state index contributed by atoms with van der Waals surface area (Å²) in [7, 11) is 0. The van der Waals surface area contributed by atoms with Gasteiger partial charge in [0.05, 0.1) is 30.5 Å². The molecule has 1 saturated heterocycles. The monoisotopic (exact) mass is 412 g/mol. The van der Waals surface area contributed by atoms with Crippen LogP contribution in [0, 0.1) is 18.3 Å². The molecule has 1 aliphatic carbocycles. The molecule has 1 amide bonds. The van der Waals surface area contributed by atoms with Crippen LogP contribution in [0.2, 0.25) is 0 Å². The second kappa shape index (κ2) is 8.01. The van der Waals surface area contributed by atoms with Gasteiger partial charge in [0.15, 0.2) is 0 Å². The molecule has 1 aromatic carbocycles. The summed E-state index contributed by atoms with van der Waals surface area (Å²) in [4.78, 5) is 19.3. The average molecular weight is 412 g/mol. The summed E-state index contributed by atoms with van der Waals surface area (Å²) in [6.45, 7) is 4.27. The molecule has 5 rings (SSSR count). The lowest BCUT2D eigenvalue weighted by Crippen LogP contribution is -2.39. The van der Waals surface area contributed by atoms with Crippen LogP contribution in [0.3, 0.4) is 0 Å². The Kier molecular flexibility index (Phi) is 5.05. The largest absolute Gasteiger partial charge is 0.378 e. The molecule has 1 unspecified atom stereocenters. The van der Waals surface area contributed by atoms with Gasteiger partial charge in [-0.05, 0) is 49.1 Å². The van der Waals surface area contributed by atoms with Gasteiger partial charge in [-0.2, -0.15) is 5.26 Å². The molecule has 2 aliphatic rings. The number of benzene rings is 1. The molecule has 1 aliphatic heterocycles. The van der Waals surface area contributed by atoms with Gasteiger partial charge in [0.2, 0.25) is 5.91 Å². The topological polar surface area (TPSA) is 71.2 Å². The number of aryl methyl sites for hydroxylation is 2. The number of carbonyl (C=O) groups excluding carboxylic acids is 1. The van der Waals surface area contributed by atoms with Crippen LogP contribution in [0.15, 0.2) is 42.5 Å². The molecule has 31 heavy (non-hydrogen) atoms. The van der Waals surface area contributed by atoms with Crippen molar-refractivity contribution in [2.75, 3.05) is 26.3 Å². The van der Waals surface area contributed by atoms with E-state index in [1.807, 2.05) is 19.1 Å². The Hall–Kier alpha value is -3.43. The summed E-state index contributed by atoms with van der Waals surface area (Å²) in [5.41, 5.74) is 5.62. The Morgan fingerprint density at radius 1 is 1.23 bits per heavy atom. The second-order valence-corrected chi connectivity index (χ2v) is 8.09. The maximum Gasteiger partial charge on any atom is 0.246 e. The average Bonchev–Trinajstić information content (AvgIpc) is 3.35. The van der Waals surface area contributed by atoms with Crippen LogP contribution in [-0.2, 0) is 16.0 Å². The Bertz CT molecular complexity index is 1230. The normalized spacial score (nSPS) is 18.5. The maximum atomic E-state index is 12.7. The van der Waals surface area contributed by atoms with Gasteiger partial charge in [0.1, 0.15) is 11.7 Å². The molecule has 3 heterocycles. The van der Waals surface area contributed by atoms with Crippen molar-refractivity contribution in [1.82, 2.24) is 14.5 Å². The van der Waals surface area contributed by atoms with Gasteiger partial charge >= 0.3 is 0 Å². The number of aromatic nitrogens is 2. The maximum absolute atomic E-state index is 12.7. The number of nitriles is 1. The Balaban J connectivity index is 1.65. The first-order valence-corrected chi connectivity index (χ1v) is 10.7. The minimum Gasteiger partial charge on any atom is -0.378 e. The highest BCUT2D eigenvalue weighted by molar-refractivity contribution is 5.95. The van der Waals surface area contributed by atoms with Crippen molar-refractivity contribution < 1.29 is 9.53 Å². The first kappa shape index (κ1) is 19.5. The smallest absolute Gasteiger partial charge is 0.246 e. The van der Waals surface area contributed by atoms with Crippen LogP contribution in [0.1, 0.15) is 40.5 Å². The van der Waals surface area contributed by atoms with E-state index in [1.54, 1.807) is 17.1 Å². The minimum absolute atomic E-state index is 0.0556. The highest BCUT2D eigenvalue weighted by atomic mass is 16.5. The fraction of sp³-hybridized carbons (Fsp3) is 0.320. The van der Waals surface area contributed by atoms with Crippen molar-refractivity contribution in [3.63, 3.8) is 0 Å². The molecule has 1 fully saturated rings. The number of morpholine rings is 1. The fourth-order valence-electron chi connectivity index (χ4n) is 4.73. The molecule has 0 spiro atoms. The SMILES string of the molecule is Cc1ccc2c(C#N)c(/C=C/C(=O)N3CCOCC3)n(C3CCc4ccccc43)c2n1. The zero-order valence-electron chi connectivity index (χ0n) is 17.5. The summed E-state index contributed by atoms with van der Waals surface area (Å²) in [5.74, 6) is -0.0556. The van der Waals surface area contributed by atoms with E-state index in [2.05, 4.69) is 34.9 Å². The van der Waals surface area contributed by atoms with Crippen molar-refractivity contribution >= 4 is 23.0 Å². The number of pyridine rings is 1. The number of hydrogen-bond donors (Lipinski definition) is 0. The summed E-state index contributed by atoms with van der Waals surface area (Å²) >= 11 is 0. The molecule has 0 bridgehead atoms. The summed E-state index contributed by atoms with van der Waals surface area (Å²) in [6, 6.07) is 14.8. The van der Waals surface area contributed by atoms with Gasteiger partial charge in [-0.1, -0.05) is 24.3 Å². The van der Waals surface area contributed by atoms with Crippen LogP contribution in [0.25, 0.3) is 17.1 Å². The van der Waals surface area contributed by atoms with Crippen LogP contribution < -0.4 is 0 Å². The van der Waals surface area contributed by atoms with Gasteiger partial charge < -0.3 is 14.2 Å². The van der Waals surface area contributed by atoms with E-state index < -0.39 is 0 Å². The van der Waals surface area contributed by atoms with Crippen LogP contribution in [0.4, 0.5) is 0 Å². The van der Waals surface area contributed by atoms with Crippen LogP contribution >= 0.6 is 0 Å². The van der Waals surface area contributed by atoms with Gasteiger partial charge in [-0.3, -0.25) is 4.79 Å². The predicted molar refractivity (Wildman–Crippen MR) is 119 cm³/mol. The molecule has 156 valence electrons. The molecule has 6 heteroatoms. The van der Waals surface area contributed by atoms with E-state index >= 15 is 0 Å². The van der Waals surface area contributed by atoms with E-state index in [4.69, 9.17) is 9.72 Å². The lowest BCUT2D eigenvalue weighted by Gasteiger charge is -2.25. The number of carbonyl (C=O) groups is 1. The van der Waals surface area contributed by atoms with Gasteiger partial charge in [-0.25, -0.2) is 4.98 Å². The minimum atomic E-state index is -0.0556. The van der Waals surface area contributed by atoms with E-state index in [0.717, 1.165) is 35.3 Å². The molecule has 2 aromatic heterocycles. The van der Waals surface area contributed by atoms with Crippen molar-refractivity contribution in [2.24, 2.45) is 0 Å². The van der Waals surface area contributed by atoms with E-state index in [0.29, 0.717) is 31.9 Å². The van der Waals surface area contributed by atoms with E-state index in [-0.39, 0.29) is 11.9 Å². The quantitative estimate of drug-likeness (QED) is 0.616. The van der Waals surface area contributed by atoms with Gasteiger partial charge in [0, 0.05) is 30.2 Å². The Morgan fingerprint density at radius 2 is 2.03 bits per heavy atom. The number of rotatable bonds is 3. The molecule has 0 radical (unpaired) electrons. The molecular weight excluding hydrogens is 388 g/mol. The third-order valence-corrected chi connectivity index (χ3v) is 6.26. The molecular formula is C25H24N4O2. The second-order valence-electron chi connectivity index (χ2n) is 8.09. The lowest BCUT2D eigenvalue weighted by atomic mass is 10.1. The highest BCUT2D eigenvalue weighted by Crippen LogP contribution is 2.39. The standard InChI is InChI=1S/C25H24N4O2/c1-17-6-8-20-21(16-26)23(10-11-24(30)28-12-14-31-15-13-28)29(25(20)27-17)22-9-7-18-4-2-3-5-19(18)22/h2-6,8,10-11,22H,7,9,12-15H2,1H3/b11-10+. The van der Waals surface area contributed by atoms with Crippen molar-refractivity contribution in [1.29, 1.82) is 5.26 Å². The molecule has 6 nitrogen and oxygen atoms in total. The van der Waals surface area contributed by atoms with Crippen molar-refractivity contribution in [3.05, 3.63) is 70.6 Å². The highest BCUT2D eigenvalue weighted by Gasteiger charge is 2.29. The summed E-state index contributed by atoms with van der Waals surface area (Å²) < 4.78 is 7.51. The number of nitrogens with zero attached hydrogens (tertiary/aromatic N) is 4. The molecule has 0 saturated carbocycles. The number of hydrogen-bond acceptors (Lipinski definition) is 4. The third kappa shape index (κ3) is 3.41. The molecule has 0 N–H and O–H groups in total. The Labute approximate surface area is 181 Å². The summed E-state index contributed by atoms with van der Waals surface area (Å²) in [5, 5.41) is 10.8. The lowest BCUT2D eigenvalue weighted by molar-refractivity contribution is -0.129. The zero-order valence-corrected chi connectivity index (χ0v) is 17.5. The van der Waals surface area contributed by atoms with Crippen LogP contribution in [-0.4, -0.2) is 46.7 Å². The Morgan fingerprint density at radius 3 is 2.84 bits per heavy atom. The van der Waals surface area contributed by atoms with Gasteiger partial charge in [0.25, 0.3) is 0 Å². The molecule has 3 aromatic rings. The van der Waals surface area contributed by atoms with Crippen molar-refractivity contribution in [2.45, 2.75) is 25.8 Å². The summed E-state index contributed by atoms with van der Waals surface area (Å²) in [6.07, 6.45) is 5.32. The zero-order chi connectivity index (χ0) is 21.4. The third-order valence-electron chi connectivity index (χ3n) is 6.26. The van der Waals surface area contributed by atoms with E-state index in [1.165, 1.54) is 11.1 Å². The van der Waals surface area contributed by atoms with Gasteiger partial charge in [-0.15, -0.1) is 0 Å². The first-order valence-electron chi connectivity index (χ1n) is 10.7. The number of amides is 1. The fourth-order valence-corrected chi connectivity index (χ4v) is 4.73. The number of fused-ring (bicyclic) bond motifs is 2.